The van der Waals surface area contributed by atoms with Crippen LogP contribution in [0.5, 0.6) is 0 Å². The number of hydrogen-bond acceptors (Lipinski definition) is 3. The first-order chi connectivity index (χ1) is 5.54. The van der Waals surface area contributed by atoms with Gasteiger partial charge in [0.05, 0.1) is 6.07 Å². The zero-order valence-corrected chi connectivity index (χ0v) is 6.77. The fourth-order valence-electron chi connectivity index (χ4n) is 0.855. The van der Waals surface area contributed by atoms with E-state index < -0.39 is 10.7 Å². The van der Waals surface area contributed by atoms with E-state index in [1.807, 2.05) is 0 Å². The molecule has 64 valence electrons. The van der Waals surface area contributed by atoms with Gasteiger partial charge in [0.2, 0.25) is 0 Å². The smallest absolute Gasteiger partial charge is 0.512 e. The quantitative estimate of drug-likeness (QED) is 0.270. The molecule has 1 heterocycles. The molecule has 0 atom stereocenters. The summed E-state index contributed by atoms with van der Waals surface area (Å²) >= 11 is 0. The van der Waals surface area contributed by atoms with Crippen molar-refractivity contribution < 1.29 is 9.65 Å². The minimum atomic E-state index is -0.695. The fourth-order valence-corrected chi connectivity index (χ4v) is 0.855. The maximum atomic E-state index is 11.1. The summed E-state index contributed by atoms with van der Waals surface area (Å²) in [6.07, 6.45) is 0. The number of pyridine rings is 1. The molecule has 12 heavy (non-hydrogen) atoms. The molecule has 0 radical (unpaired) electrons. The third kappa shape index (κ3) is 1.20. The Morgan fingerprint density at radius 3 is 2.50 bits per heavy atom. The van der Waals surface area contributed by atoms with Crippen molar-refractivity contribution >= 4 is 5.82 Å². The molecule has 1 rings (SSSR count). The highest BCUT2D eigenvalue weighted by Gasteiger charge is 2.20. The Kier molecular flexibility index (Phi) is 1.95. The number of hydrogen-bond donors (Lipinski definition) is 0. The first-order valence-electron chi connectivity index (χ1n) is 3.38. The first-order valence-corrected chi connectivity index (χ1v) is 3.38. The van der Waals surface area contributed by atoms with Gasteiger partial charge in [-0.05, 0) is 13.0 Å². The average Bonchev–Trinajstić information content (AvgIpc) is 2.00. The molecule has 0 aliphatic heterocycles. The first kappa shape index (κ1) is 8.45. The molecule has 0 fully saturated rings. The molecule has 0 aliphatic carbocycles. The molecule has 0 N–H and O–H groups in total. The lowest BCUT2D eigenvalue weighted by molar-refractivity contribution is -0.669. The van der Waals surface area contributed by atoms with Crippen LogP contribution >= 0.6 is 0 Å². The van der Waals surface area contributed by atoms with E-state index in [1.165, 1.54) is 6.07 Å². The maximum Gasteiger partial charge on any atom is 0.512 e. The standard InChI is InChI=1S/C7H8N2O3/c1-5-3-4-7(9(11)12)8(10)6(5)2/h3-4H,1-2H3. The zero-order chi connectivity index (χ0) is 9.30. The minimum Gasteiger partial charge on any atom is -0.614 e. The lowest BCUT2D eigenvalue weighted by Crippen LogP contribution is -2.34. The molecular weight excluding hydrogens is 160 g/mol. The van der Waals surface area contributed by atoms with E-state index in [9.17, 15) is 15.3 Å². The van der Waals surface area contributed by atoms with E-state index >= 15 is 0 Å². The van der Waals surface area contributed by atoms with Crippen molar-refractivity contribution in [1.29, 1.82) is 0 Å². The van der Waals surface area contributed by atoms with Gasteiger partial charge in [0.15, 0.2) is 5.69 Å². The van der Waals surface area contributed by atoms with E-state index in [-0.39, 0.29) is 0 Å². The number of nitro groups is 1. The van der Waals surface area contributed by atoms with Gasteiger partial charge in [0.1, 0.15) is 4.92 Å². The van der Waals surface area contributed by atoms with Gasteiger partial charge in [0, 0.05) is 12.5 Å². The van der Waals surface area contributed by atoms with Crippen LogP contribution in [0.3, 0.4) is 0 Å². The molecule has 1 aromatic rings. The molecule has 0 unspecified atom stereocenters. The highest BCUT2D eigenvalue weighted by Crippen LogP contribution is 2.08. The van der Waals surface area contributed by atoms with Gasteiger partial charge in [0.25, 0.3) is 0 Å². The normalized spacial score (nSPS) is 9.83. The third-order valence-electron chi connectivity index (χ3n) is 1.75. The molecular formula is C7H8N2O3. The van der Waals surface area contributed by atoms with Crippen molar-refractivity contribution in [3.8, 4) is 0 Å². The molecule has 5 heteroatoms. The van der Waals surface area contributed by atoms with Crippen molar-refractivity contribution in [3.63, 3.8) is 0 Å². The van der Waals surface area contributed by atoms with Gasteiger partial charge in [-0.25, -0.2) is 0 Å². The van der Waals surface area contributed by atoms with Crippen LogP contribution in [0, 0.1) is 29.2 Å². The lowest BCUT2D eigenvalue weighted by Gasteiger charge is -2.01. The summed E-state index contributed by atoms with van der Waals surface area (Å²) in [5, 5.41) is 21.4. The summed E-state index contributed by atoms with van der Waals surface area (Å²) in [5.41, 5.74) is 1.11. The van der Waals surface area contributed by atoms with E-state index in [0.717, 1.165) is 5.56 Å². The Morgan fingerprint density at radius 1 is 1.42 bits per heavy atom. The highest BCUT2D eigenvalue weighted by atomic mass is 16.6. The van der Waals surface area contributed by atoms with Crippen LogP contribution in [-0.2, 0) is 0 Å². The van der Waals surface area contributed by atoms with E-state index in [2.05, 4.69) is 0 Å². The molecule has 0 amide bonds. The van der Waals surface area contributed by atoms with Gasteiger partial charge in [-0.15, -0.1) is 4.73 Å². The topological polar surface area (TPSA) is 70.1 Å². The van der Waals surface area contributed by atoms with Crippen molar-refractivity contribution in [2.24, 2.45) is 0 Å². The maximum absolute atomic E-state index is 11.1. The lowest BCUT2D eigenvalue weighted by atomic mass is 10.2. The number of rotatable bonds is 1. The predicted molar refractivity (Wildman–Crippen MR) is 41.5 cm³/mol. The Morgan fingerprint density at radius 2 is 2.00 bits per heavy atom. The van der Waals surface area contributed by atoms with Crippen LogP contribution in [0.1, 0.15) is 11.3 Å². The van der Waals surface area contributed by atoms with Crippen LogP contribution < -0.4 is 4.73 Å². The summed E-state index contributed by atoms with van der Waals surface area (Å²) in [7, 11) is 0. The Hall–Kier alpha value is -1.65. The van der Waals surface area contributed by atoms with Gasteiger partial charge in [-0.2, -0.15) is 0 Å². The Bertz CT molecular complexity index is 336. The van der Waals surface area contributed by atoms with E-state index in [1.54, 1.807) is 19.9 Å². The monoisotopic (exact) mass is 168 g/mol. The summed E-state index contributed by atoms with van der Waals surface area (Å²) in [4.78, 5) is 9.58. The van der Waals surface area contributed by atoms with Crippen molar-refractivity contribution in [2.75, 3.05) is 0 Å². The number of aromatic nitrogens is 1. The van der Waals surface area contributed by atoms with Crippen LogP contribution in [-0.4, -0.2) is 4.92 Å². The predicted octanol–water partition coefficient (Wildman–Crippen LogP) is 0.845. The van der Waals surface area contributed by atoms with Crippen molar-refractivity contribution in [2.45, 2.75) is 13.8 Å². The molecule has 0 aliphatic rings. The third-order valence-corrected chi connectivity index (χ3v) is 1.75. The Labute approximate surface area is 69.0 Å². The second-order valence-electron chi connectivity index (χ2n) is 2.51. The SMILES string of the molecule is Cc1ccc([N+](=O)[O-])[n+]([O-])c1C. The van der Waals surface area contributed by atoms with Crippen LogP contribution in [0.4, 0.5) is 5.82 Å². The molecule has 0 saturated carbocycles. The molecule has 0 saturated heterocycles. The molecule has 5 nitrogen and oxygen atoms in total. The Balaban J connectivity index is 3.36. The molecule has 0 aromatic carbocycles. The van der Waals surface area contributed by atoms with Crippen LogP contribution in [0.15, 0.2) is 12.1 Å². The fraction of sp³-hybridized carbons (Fsp3) is 0.286. The summed E-state index contributed by atoms with van der Waals surface area (Å²) in [6.45, 7) is 3.28. The second kappa shape index (κ2) is 2.77. The highest BCUT2D eigenvalue weighted by molar-refractivity contribution is 5.20. The largest absolute Gasteiger partial charge is 0.614 e. The van der Waals surface area contributed by atoms with Crippen LogP contribution in [0.25, 0.3) is 0 Å². The minimum absolute atomic E-state index is 0.329. The van der Waals surface area contributed by atoms with Gasteiger partial charge >= 0.3 is 5.82 Å². The number of nitrogens with zero attached hydrogens (tertiary/aromatic N) is 2. The van der Waals surface area contributed by atoms with Crippen molar-refractivity contribution in [3.05, 3.63) is 38.7 Å². The number of aryl methyl sites for hydroxylation is 1. The van der Waals surface area contributed by atoms with Gasteiger partial charge < -0.3 is 5.21 Å². The molecule has 0 spiro atoms. The summed E-state index contributed by atoms with van der Waals surface area (Å²) in [5.74, 6) is -0.432. The summed E-state index contributed by atoms with van der Waals surface area (Å²) in [6, 6.07) is 2.76. The molecule has 0 bridgehead atoms. The average molecular weight is 168 g/mol. The van der Waals surface area contributed by atoms with Gasteiger partial charge in [-0.3, -0.25) is 10.1 Å². The van der Waals surface area contributed by atoms with E-state index in [4.69, 9.17) is 0 Å². The summed E-state index contributed by atoms with van der Waals surface area (Å²) < 4.78 is 0.329. The van der Waals surface area contributed by atoms with E-state index in [0.29, 0.717) is 10.4 Å². The van der Waals surface area contributed by atoms with Crippen LogP contribution in [0.2, 0.25) is 0 Å². The second-order valence-corrected chi connectivity index (χ2v) is 2.51. The van der Waals surface area contributed by atoms with Gasteiger partial charge in [-0.1, -0.05) is 0 Å². The zero-order valence-electron chi connectivity index (χ0n) is 6.77. The molecule has 1 aromatic heterocycles. The van der Waals surface area contributed by atoms with Crippen molar-refractivity contribution in [1.82, 2.24) is 0 Å².